The first-order chi connectivity index (χ1) is 7.37. The Bertz CT molecular complexity index is 458. The van der Waals surface area contributed by atoms with E-state index in [1.54, 1.807) is 0 Å². The van der Waals surface area contributed by atoms with Crippen molar-refractivity contribution in [3.8, 4) is 12.3 Å². The topological polar surface area (TPSA) is 17.1 Å². The van der Waals surface area contributed by atoms with Crippen molar-refractivity contribution in [2.24, 2.45) is 0 Å². The average Bonchev–Trinajstić information content (AvgIpc) is 2.19. The molecule has 0 aliphatic heterocycles. The van der Waals surface area contributed by atoms with Crippen molar-refractivity contribution < 1.29 is 17.7 Å². The fourth-order valence-corrected chi connectivity index (χ4v) is 1.47. The van der Waals surface area contributed by atoms with Gasteiger partial charge in [0, 0.05) is 11.1 Å². The number of hydrogen-bond donors (Lipinski definition) is 0. The van der Waals surface area contributed by atoms with Crippen LogP contribution in [-0.4, -0.2) is 13.3 Å². The number of aldehydes is 1. The van der Waals surface area contributed by atoms with Crippen LogP contribution in [0.1, 0.15) is 27.0 Å². The smallest absolute Gasteiger partial charge is 0.449 e. The Balaban J connectivity index is 3.28. The Labute approximate surface area is 91.7 Å². The molecule has 0 aliphatic rings. The van der Waals surface area contributed by atoms with Gasteiger partial charge >= 0.3 is 6.98 Å². The maximum atomic E-state index is 12.3. The molecule has 0 heterocycles. The number of rotatable bonds is 3. The van der Waals surface area contributed by atoms with Gasteiger partial charge in [-0.05, 0) is 24.6 Å². The highest BCUT2D eigenvalue weighted by Gasteiger charge is 2.24. The monoisotopic (exact) mass is 225 g/mol. The normalized spacial score (nSPS) is 10.9. The zero-order valence-electron chi connectivity index (χ0n) is 8.64. The molecule has 0 atom stereocenters. The highest BCUT2D eigenvalue weighted by molar-refractivity contribution is 6.57. The zero-order valence-corrected chi connectivity index (χ0v) is 8.64. The minimum absolute atomic E-state index is 0.0741. The van der Waals surface area contributed by atoms with Crippen LogP contribution in [0.3, 0.4) is 0 Å². The number of carbonyl (C=O) groups is 1. The lowest BCUT2D eigenvalue weighted by atomic mass is 9.79. The molecule has 0 spiro atoms. The first-order valence-corrected chi connectivity index (χ1v) is 4.63. The molecule has 0 fully saturated rings. The van der Waals surface area contributed by atoms with Gasteiger partial charge in [-0.25, -0.2) is 0 Å². The van der Waals surface area contributed by atoms with Crippen molar-refractivity contribution in [2.75, 3.05) is 0 Å². The molecule has 0 saturated heterocycles. The molecule has 1 rings (SSSR count). The van der Waals surface area contributed by atoms with E-state index in [9.17, 15) is 17.7 Å². The van der Waals surface area contributed by atoms with Crippen molar-refractivity contribution in [1.29, 1.82) is 0 Å². The van der Waals surface area contributed by atoms with E-state index < -0.39 is 13.3 Å². The largest absolute Gasteiger partial charge is 0.482 e. The van der Waals surface area contributed by atoms with Crippen LogP contribution in [0.4, 0.5) is 12.9 Å². The second-order valence-corrected chi connectivity index (χ2v) is 3.53. The SMILES string of the molecule is C#Cc1cc(C=O)c(C)c(C[B-](F)(F)F)c1. The molecule has 0 saturated carbocycles. The second-order valence-electron chi connectivity index (χ2n) is 3.53. The van der Waals surface area contributed by atoms with Gasteiger partial charge in [0.1, 0.15) is 6.29 Å². The Morgan fingerprint density at radius 3 is 2.50 bits per heavy atom. The summed E-state index contributed by atoms with van der Waals surface area (Å²) in [4.78, 5) is 10.7. The summed E-state index contributed by atoms with van der Waals surface area (Å²) >= 11 is 0. The molecule has 5 heteroatoms. The molecule has 0 radical (unpaired) electrons. The molecule has 1 aromatic rings. The summed E-state index contributed by atoms with van der Waals surface area (Å²) in [6, 6.07) is 2.72. The molecule has 0 unspecified atom stereocenters. The van der Waals surface area contributed by atoms with Gasteiger partial charge < -0.3 is 12.9 Å². The van der Waals surface area contributed by atoms with Crippen LogP contribution in [0, 0.1) is 19.3 Å². The van der Waals surface area contributed by atoms with Gasteiger partial charge in [-0.15, -0.1) is 6.42 Å². The van der Waals surface area contributed by atoms with Gasteiger partial charge in [-0.3, -0.25) is 4.79 Å². The molecule has 0 N–H and O–H groups in total. The van der Waals surface area contributed by atoms with Crippen LogP contribution in [0.5, 0.6) is 0 Å². The van der Waals surface area contributed by atoms with Gasteiger partial charge in [0.25, 0.3) is 0 Å². The summed E-state index contributed by atoms with van der Waals surface area (Å²) in [5.74, 6) is 2.24. The first kappa shape index (κ1) is 12.4. The minimum atomic E-state index is -4.93. The minimum Gasteiger partial charge on any atom is -0.449 e. The summed E-state index contributed by atoms with van der Waals surface area (Å²) in [6.07, 6.45) is 4.62. The molecule has 0 bridgehead atoms. The molecule has 1 nitrogen and oxygen atoms in total. The molecule has 1 aromatic carbocycles. The van der Waals surface area contributed by atoms with Crippen LogP contribution < -0.4 is 0 Å². The number of terminal acetylenes is 1. The van der Waals surface area contributed by atoms with E-state index >= 15 is 0 Å². The fourth-order valence-electron chi connectivity index (χ4n) is 1.47. The van der Waals surface area contributed by atoms with Crippen LogP contribution in [0.25, 0.3) is 0 Å². The maximum Gasteiger partial charge on any atom is 0.482 e. The first-order valence-electron chi connectivity index (χ1n) is 4.63. The lowest BCUT2D eigenvalue weighted by Crippen LogP contribution is -2.20. The van der Waals surface area contributed by atoms with Crippen LogP contribution in [0.2, 0.25) is 0 Å². The van der Waals surface area contributed by atoms with Gasteiger partial charge in [0.2, 0.25) is 0 Å². The third-order valence-corrected chi connectivity index (χ3v) is 2.30. The lowest BCUT2D eigenvalue weighted by Gasteiger charge is -2.16. The van der Waals surface area contributed by atoms with E-state index in [-0.39, 0.29) is 11.1 Å². The van der Waals surface area contributed by atoms with E-state index in [1.165, 1.54) is 19.1 Å². The highest BCUT2D eigenvalue weighted by Crippen LogP contribution is 2.22. The predicted octanol–water partition coefficient (Wildman–Crippen LogP) is 2.72. The predicted molar refractivity (Wildman–Crippen MR) is 57.3 cm³/mol. The van der Waals surface area contributed by atoms with E-state index in [2.05, 4.69) is 5.92 Å². The molecular formula is C11H9BF3O-. The van der Waals surface area contributed by atoms with Gasteiger partial charge in [0.05, 0.1) is 0 Å². The maximum absolute atomic E-state index is 12.3. The summed E-state index contributed by atoms with van der Waals surface area (Å²) in [7, 11) is 0. The number of hydrogen-bond acceptors (Lipinski definition) is 1. The highest BCUT2D eigenvalue weighted by atomic mass is 19.4. The van der Waals surface area contributed by atoms with E-state index in [0.717, 1.165) is 0 Å². The Kier molecular flexibility index (Phi) is 3.43. The summed E-state index contributed by atoms with van der Waals surface area (Å²) in [6.45, 7) is -3.44. The van der Waals surface area contributed by atoms with E-state index in [0.29, 0.717) is 17.4 Å². The van der Waals surface area contributed by atoms with Crippen LogP contribution in [0.15, 0.2) is 12.1 Å². The van der Waals surface area contributed by atoms with E-state index in [4.69, 9.17) is 6.42 Å². The third kappa shape index (κ3) is 2.90. The molecule has 16 heavy (non-hydrogen) atoms. The second kappa shape index (κ2) is 4.44. The van der Waals surface area contributed by atoms with Crippen LogP contribution in [-0.2, 0) is 6.32 Å². The van der Waals surface area contributed by atoms with Crippen molar-refractivity contribution >= 4 is 13.3 Å². The molecule has 0 aromatic heterocycles. The van der Waals surface area contributed by atoms with Gasteiger partial charge in [-0.1, -0.05) is 17.8 Å². The van der Waals surface area contributed by atoms with Gasteiger partial charge in [0.15, 0.2) is 0 Å². The van der Waals surface area contributed by atoms with Crippen LogP contribution >= 0.6 is 0 Å². The van der Waals surface area contributed by atoms with E-state index in [1.807, 2.05) is 0 Å². The summed E-state index contributed by atoms with van der Waals surface area (Å²) in [5, 5.41) is 0. The standard InChI is InChI=1S/C11H9BF3O/c1-3-9-4-10(6-12(13,14)15)8(2)11(5-9)7-16/h1,4-5,7H,6H2,2H3/q-1. The zero-order chi connectivity index (χ0) is 12.3. The number of benzene rings is 1. The molecule has 0 amide bonds. The summed E-state index contributed by atoms with van der Waals surface area (Å²) < 4.78 is 36.9. The summed E-state index contributed by atoms with van der Waals surface area (Å²) in [5.41, 5.74) is 0.923. The number of carbonyl (C=O) groups excluding carboxylic acids is 1. The van der Waals surface area contributed by atoms with Crippen molar-refractivity contribution in [1.82, 2.24) is 0 Å². The van der Waals surface area contributed by atoms with Crippen molar-refractivity contribution in [2.45, 2.75) is 13.2 Å². The molecule has 84 valence electrons. The Morgan fingerprint density at radius 1 is 1.44 bits per heavy atom. The molecular weight excluding hydrogens is 216 g/mol. The molecule has 0 aliphatic carbocycles. The fraction of sp³-hybridized carbons (Fsp3) is 0.182. The Hall–Kier alpha value is -1.70. The lowest BCUT2D eigenvalue weighted by molar-refractivity contribution is 0.112. The Morgan fingerprint density at radius 2 is 2.06 bits per heavy atom. The van der Waals surface area contributed by atoms with Gasteiger partial charge in [-0.2, -0.15) is 0 Å². The average molecular weight is 225 g/mol. The third-order valence-electron chi connectivity index (χ3n) is 2.30. The quantitative estimate of drug-likeness (QED) is 0.439. The number of halogens is 3. The van der Waals surface area contributed by atoms with Crippen molar-refractivity contribution in [3.63, 3.8) is 0 Å². The van der Waals surface area contributed by atoms with Crippen molar-refractivity contribution in [3.05, 3.63) is 34.4 Å².